The van der Waals surface area contributed by atoms with Crippen molar-refractivity contribution in [3.05, 3.63) is 82.7 Å². The van der Waals surface area contributed by atoms with Crippen molar-refractivity contribution in [2.75, 3.05) is 0 Å². The summed E-state index contributed by atoms with van der Waals surface area (Å²) in [5.41, 5.74) is 2.45. The molecule has 6 nitrogen and oxygen atoms in total. The maximum Gasteiger partial charge on any atom is 0.234 e. The van der Waals surface area contributed by atoms with E-state index in [1.165, 1.54) is 12.4 Å². The second-order valence-corrected chi connectivity index (χ2v) is 7.70. The Hall–Kier alpha value is -2.48. The van der Waals surface area contributed by atoms with Crippen LogP contribution in [0.25, 0.3) is 11.8 Å². The zero-order chi connectivity index (χ0) is 18.6. The summed E-state index contributed by atoms with van der Waals surface area (Å²) in [6, 6.07) is 14.0. The number of hydrogen-bond acceptors (Lipinski definition) is 4. The van der Waals surface area contributed by atoms with Crippen LogP contribution in [0.3, 0.4) is 0 Å². The summed E-state index contributed by atoms with van der Waals surface area (Å²) in [7, 11) is -3.58. The molecule has 1 atom stereocenters. The lowest BCUT2D eigenvalue weighted by atomic mass is 10.1. The molecule has 1 aromatic heterocycles. The maximum absolute atomic E-state index is 12.3. The Morgan fingerprint density at radius 1 is 1.12 bits per heavy atom. The van der Waals surface area contributed by atoms with Crippen LogP contribution in [0.5, 0.6) is 0 Å². The number of benzene rings is 2. The molecule has 1 unspecified atom stereocenters. The number of halogens is 1. The fourth-order valence-electron chi connectivity index (χ4n) is 2.35. The van der Waals surface area contributed by atoms with Gasteiger partial charge in [-0.15, -0.1) is 0 Å². The van der Waals surface area contributed by atoms with Crippen LogP contribution in [-0.2, 0) is 10.0 Å². The van der Waals surface area contributed by atoms with E-state index in [-0.39, 0.29) is 6.04 Å². The molecule has 0 aliphatic heterocycles. The van der Waals surface area contributed by atoms with Crippen LogP contribution in [0.2, 0.25) is 5.02 Å². The number of rotatable bonds is 6. The van der Waals surface area contributed by atoms with Crippen molar-refractivity contribution in [1.29, 1.82) is 0 Å². The van der Waals surface area contributed by atoms with Gasteiger partial charge in [-0.2, -0.15) is 5.10 Å². The van der Waals surface area contributed by atoms with Gasteiger partial charge >= 0.3 is 0 Å². The van der Waals surface area contributed by atoms with Gasteiger partial charge in [0.25, 0.3) is 0 Å². The molecule has 26 heavy (non-hydrogen) atoms. The second kappa shape index (κ2) is 7.82. The molecule has 2 aromatic carbocycles. The Morgan fingerprint density at radius 3 is 2.42 bits per heavy atom. The number of nitrogens with zero attached hydrogens (tertiary/aromatic N) is 3. The molecule has 1 heterocycles. The summed E-state index contributed by atoms with van der Waals surface area (Å²) in [6.45, 7) is 1.79. The van der Waals surface area contributed by atoms with Crippen LogP contribution in [0.1, 0.15) is 24.1 Å². The summed E-state index contributed by atoms with van der Waals surface area (Å²) in [5.74, 6) is 0. The van der Waals surface area contributed by atoms with Crippen LogP contribution in [0.15, 0.2) is 66.6 Å². The number of nitrogens with one attached hydrogen (secondary N) is 1. The summed E-state index contributed by atoms with van der Waals surface area (Å²) < 4.78 is 28.8. The molecule has 0 aliphatic carbocycles. The van der Waals surface area contributed by atoms with Gasteiger partial charge in [0, 0.05) is 16.5 Å². The summed E-state index contributed by atoms with van der Waals surface area (Å²) in [5, 5.41) is 5.81. The fraction of sp³-hybridized carbons (Fsp3) is 0.111. The average molecular weight is 389 g/mol. The highest BCUT2D eigenvalue weighted by Gasteiger charge is 2.13. The van der Waals surface area contributed by atoms with E-state index in [1.54, 1.807) is 42.2 Å². The normalized spacial score (nSPS) is 13.2. The maximum atomic E-state index is 12.3. The van der Waals surface area contributed by atoms with E-state index in [0.29, 0.717) is 5.02 Å². The number of hydrogen-bond donors (Lipinski definition) is 1. The first kappa shape index (κ1) is 18.3. The molecule has 0 aliphatic rings. The molecule has 0 saturated carbocycles. The minimum atomic E-state index is -3.58. The van der Waals surface area contributed by atoms with Gasteiger partial charge < -0.3 is 0 Å². The van der Waals surface area contributed by atoms with Gasteiger partial charge in [-0.25, -0.2) is 22.8 Å². The smallest absolute Gasteiger partial charge is 0.223 e. The predicted octanol–water partition coefficient (Wildman–Crippen LogP) is 3.57. The van der Waals surface area contributed by atoms with Gasteiger partial charge in [-0.05, 0) is 48.4 Å². The highest BCUT2D eigenvalue weighted by molar-refractivity contribution is 7.92. The first-order chi connectivity index (χ1) is 12.4. The van der Waals surface area contributed by atoms with E-state index in [0.717, 1.165) is 22.2 Å². The number of aromatic nitrogens is 3. The van der Waals surface area contributed by atoms with E-state index >= 15 is 0 Å². The van der Waals surface area contributed by atoms with Gasteiger partial charge in [0.2, 0.25) is 10.0 Å². The van der Waals surface area contributed by atoms with Crippen LogP contribution in [-0.4, -0.2) is 23.2 Å². The summed E-state index contributed by atoms with van der Waals surface area (Å²) >= 11 is 5.82. The predicted molar refractivity (Wildman–Crippen MR) is 102 cm³/mol. The van der Waals surface area contributed by atoms with E-state index in [9.17, 15) is 8.42 Å². The van der Waals surface area contributed by atoms with Crippen LogP contribution in [0.4, 0.5) is 0 Å². The van der Waals surface area contributed by atoms with Crippen molar-refractivity contribution >= 4 is 27.7 Å². The lowest BCUT2D eigenvalue weighted by Crippen LogP contribution is -2.24. The van der Waals surface area contributed by atoms with Crippen LogP contribution < -0.4 is 4.72 Å². The molecule has 0 bridgehead atoms. The standard InChI is InChI=1S/C18H17ClN4O2S/c1-14(16-4-8-18(9-5-16)23-13-20-12-21-23)22-26(24,25)11-10-15-2-6-17(19)7-3-15/h2-14,22H,1H3/b11-10+. The molecule has 8 heteroatoms. The topological polar surface area (TPSA) is 76.9 Å². The highest BCUT2D eigenvalue weighted by Crippen LogP contribution is 2.17. The Morgan fingerprint density at radius 2 is 1.81 bits per heavy atom. The van der Waals surface area contributed by atoms with Crippen LogP contribution in [0, 0.1) is 0 Å². The van der Waals surface area contributed by atoms with Crippen molar-refractivity contribution in [3.8, 4) is 5.69 Å². The summed E-state index contributed by atoms with van der Waals surface area (Å²) in [4.78, 5) is 3.90. The van der Waals surface area contributed by atoms with Crippen molar-refractivity contribution in [3.63, 3.8) is 0 Å². The molecule has 0 fully saturated rings. The quantitative estimate of drug-likeness (QED) is 0.700. The Labute approximate surface area is 157 Å². The van der Waals surface area contributed by atoms with Gasteiger partial charge in [-0.1, -0.05) is 35.9 Å². The first-order valence-corrected chi connectivity index (χ1v) is 9.76. The third-order valence-electron chi connectivity index (χ3n) is 3.73. The fourth-order valence-corrected chi connectivity index (χ4v) is 3.52. The molecule has 134 valence electrons. The van der Waals surface area contributed by atoms with Crippen LogP contribution >= 0.6 is 11.6 Å². The largest absolute Gasteiger partial charge is 0.234 e. The number of sulfonamides is 1. The van der Waals surface area contributed by atoms with E-state index < -0.39 is 10.0 Å². The molecule has 0 amide bonds. The molecule has 3 aromatic rings. The van der Waals surface area contributed by atoms with Crippen molar-refractivity contribution < 1.29 is 8.42 Å². The Bertz CT molecular complexity index is 983. The lowest BCUT2D eigenvalue weighted by molar-refractivity contribution is 0.576. The molecule has 0 saturated heterocycles. The molecule has 3 rings (SSSR count). The second-order valence-electron chi connectivity index (χ2n) is 5.67. The third-order valence-corrected chi connectivity index (χ3v) is 5.16. The zero-order valence-electron chi connectivity index (χ0n) is 13.9. The average Bonchev–Trinajstić information content (AvgIpc) is 3.16. The molecular weight excluding hydrogens is 372 g/mol. The highest BCUT2D eigenvalue weighted by atomic mass is 35.5. The van der Waals surface area contributed by atoms with Gasteiger partial charge in [0.1, 0.15) is 12.7 Å². The molecular formula is C18H17ClN4O2S. The summed E-state index contributed by atoms with van der Waals surface area (Å²) in [6.07, 6.45) is 4.58. The third kappa shape index (κ3) is 4.78. The van der Waals surface area contributed by atoms with Crippen molar-refractivity contribution in [2.45, 2.75) is 13.0 Å². The Balaban J connectivity index is 1.68. The van der Waals surface area contributed by atoms with E-state index in [4.69, 9.17) is 11.6 Å². The van der Waals surface area contributed by atoms with Crippen molar-refractivity contribution in [2.24, 2.45) is 0 Å². The first-order valence-electron chi connectivity index (χ1n) is 7.84. The van der Waals surface area contributed by atoms with Gasteiger partial charge in [0.05, 0.1) is 5.69 Å². The zero-order valence-corrected chi connectivity index (χ0v) is 15.5. The van der Waals surface area contributed by atoms with E-state index in [1.807, 2.05) is 24.3 Å². The van der Waals surface area contributed by atoms with Gasteiger partial charge in [0.15, 0.2) is 0 Å². The lowest BCUT2D eigenvalue weighted by Gasteiger charge is -2.13. The SMILES string of the molecule is CC(NS(=O)(=O)/C=C/c1ccc(Cl)cc1)c1ccc(-n2cncn2)cc1. The monoisotopic (exact) mass is 388 g/mol. The Kier molecular flexibility index (Phi) is 5.51. The van der Waals surface area contributed by atoms with Gasteiger partial charge in [-0.3, -0.25) is 0 Å². The molecule has 0 radical (unpaired) electrons. The minimum Gasteiger partial charge on any atom is -0.223 e. The van der Waals surface area contributed by atoms with Crippen molar-refractivity contribution in [1.82, 2.24) is 19.5 Å². The molecule has 1 N–H and O–H groups in total. The minimum absolute atomic E-state index is 0.375. The van der Waals surface area contributed by atoms with E-state index in [2.05, 4.69) is 14.8 Å². The molecule has 0 spiro atoms.